The number of anilines is 1. The van der Waals surface area contributed by atoms with Gasteiger partial charge in [0.05, 0.1) is 23.1 Å². The normalized spacial score (nSPS) is 10.7. The van der Waals surface area contributed by atoms with Crippen molar-refractivity contribution in [2.75, 3.05) is 5.32 Å². The van der Waals surface area contributed by atoms with Gasteiger partial charge in [0.1, 0.15) is 0 Å². The molecule has 2 N–H and O–H groups in total. The number of hydrogen-bond donors (Lipinski definition) is 2. The molecule has 5 nitrogen and oxygen atoms in total. The number of rotatable bonds is 3. The van der Waals surface area contributed by atoms with Gasteiger partial charge in [0.15, 0.2) is 4.77 Å². The highest BCUT2D eigenvalue weighted by molar-refractivity contribution is 7.71. The second-order valence-corrected chi connectivity index (χ2v) is 5.16. The van der Waals surface area contributed by atoms with Gasteiger partial charge in [-0.3, -0.25) is 9.78 Å². The lowest BCUT2D eigenvalue weighted by Crippen LogP contribution is -2.15. The summed E-state index contributed by atoms with van der Waals surface area (Å²) in [6.45, 7) is 0. The average molecular weight is 298 g/mol. The number of carbonyl (C=O) groups excluding carboxylic acids is 1. The largest absolute Gasteiger partial charge is 0.331 e. The van der Waals surface area contributed by atoms with Crippen molar-refractivity contribution in [1.82, 2.24) is 14.5 Å². The highest BCUT2D eigenvalue weighted by Crippen LogP contribution is 2.22. The first kappa shape index (κ1) is 13.5. The third-order valence-electron chi connectivity index (χ3n) is 3.28. The Hall–Kier alpha value is -2.47. The zero-order valence-electron chi connectivity index (χ0n) is 11.5. The van der Waals surface area contributed by atoms with Gasteiger partial charge in [0.25, 0.3) is 0 Å². The highest BCUT2D eigenvalue weighted by atomic mass is 32.1. The minimum absolute atomic E-state index is 0.0809. The minimum Gasteiger partial charge on any atom is -0.331 e. The number of fused-ring (bicyclic) bond motifs is 1. The third-order valence-corrected chi connectivity index (χ3v) is 3.66. The SMILES string of the molecule is Cn1c(=S)[nH]c2cccc(NC(=O)Cc3cccnc3)c21. The molecule has 3 aromatic rings. The van der Waals surface area contributed by atoms with Gasteiger partial charge in [-0.1, -0.05) is 12.1 Å². The summed E-state index contributed by atoms with van der Waals surface area (Å²) < 4.78 is 2.48. The lowest BCUT2D eigenvalue weighted by Gasteiger charge is -2.08. The minimum atomic E-state index is -0.0809. The number of hydrogen-bond acceptors (Lipinski definition) is 3. The van der Waals surface area contributed by atoms with E-state index in [2.05, 4.69) is 15.3 Å². The predicted molar refractivity (Wildman–Crippen MR) is 84.7 cm³/mol. The summed E-state index contributed by atoms with van der Waals surface area (Å²) in [6.07, 6.45) is 3.67. The Morgan fingerprint density at radius 1 is 1.38 bits per heavy atom. The number of aromatic amines is 1. The molecule has 1 aromatic carbocycles. The number of aryl methyl sites for hydroxylation is 1. The van der Waals surface area contributed by atoms with Crippen LogP contribution in [0.5, 0.6) is 0 Å². The fourth-order valence-corrected chi connectivity index (χ4v) is 2.49. The lowest BCUT2D eigenvalue weighted by atomic mass is 10.2. The van der Waals surface area contributed by atoms with Gasteiger partial charge in [0.2, 0.25) is 5.91 Å². The molecule has 21 heavy (non-hydrogen) atoms. The summed E-state index contributed by atoms with van der Waals surface area (Å²) >= 11 is 5.22. The van der Waals surface area contributed by atoms with Crippen LogP contribution in [0.2, 0.25) is 0 Å². The molecule has 2 aromatic heterocycles. The van der Waals surface area contributed by atoms with Crippen molar-refractivity contribution in [3.05, 3.63) is 53.1 Å². The van der Waals surface area contributed by atoms with Crippen molar-refractivity contribution >= 4 is 34.8 Å². The van der Waals surface area contributed by atoms with Crippen molar-refractivity contribution in [3.8, 4) is 0 Å². The molecule has 6 heteroatoms. The maximum Gasteiger partial charge on any atom is 0.228 e. The smallest absolute Gasteiger partial charge is 0.228 e. The molecule has 0 radical (unpaired) electrons. The molecule has 106 valence electrons. The molecule has 1 amide bonds. The summed E-state index contributed by atoms with van der Waals surface area (Å²) in [6, 6.07) is 9.38. The maximum absolute atomic E-state index is 12.2. The molecule has 0 spiro atoms. The standard InChI is InChI=1S/C15H14N4OS/c1-19-14-11(5-2-6-12(14)18-15(19)21)17-13(20)8-10-4-3-7-16-9-10/h2-7,9H,8H2,1H3,(H,17,20)(H,18,21). The van der Waals surface area contributed by atoms with Gasteiger partial charge < -0.3 is 14.9 Å². The number of aromatic nitrogens is 3. The molecule has 0 bridgehead atoms. The van der Waals surface area contributed by atoms with Crippen molar-refractivity contribution in [1.29, 1.82) is 0 Å². The lowest BCUT2D eigenvalue weighted by molar-refractivity contribution is -0.115. The van der Waals surface area contributed by atoms with E-state index in [0.717, 1.165) is 22.3 Å². The zero-order valence-corrected chi connectivity index (χ0v) is 12.3. The Labute approximate surface area is 126 Å². The van der Waals surface area contributed by atoms with Crippen LogP contribution in [0.4, 0.5) is 5.69 Å². The third kappa shape index (κ3) is 2.71. The van der Waals surface area contributed by atoms with Gasteiger partial charge in [-0.15, -0.1) is 0 Å². The summed E-state index contributed by atoms with van der Waals surface area (Å²) in [5.74, 6) is -0.0809. The molecule has 0 aliphatic rings. The Balaban J connectivity index is 1.88. The Bertz CT molecular complexity index is 851. The molecule has 0 aliphatic carbocycles. The van der Waals surface area contributed by atoms with Gasteiger partial charge in [-0.2, -0.15) is 0 Å². The van der Waals surface area contributed by atoms with Crippen molar-refractivity contribution in [2.24, 2.45) is 7.05 Å². The molecule has 0 fully saturated rings. The van der Waals surface area contributed by atoms with E-state index in [1.807, 2.05) is 41.9 Å². The van der Waals surface area contributed by atoms with Crippen LogP contribution in [0.15, 0.2) is 42.7 Å². The maximum atomic E-state index is 12.2. The van der Waals surface area contributed by atoms with Gasteiger partial charge in [-0.05, 0) is 36.0 Å². The van der Waals surface area contributed by atoms with E-state index in [0.29, 0.717) is 11.2 Å². The fourth-order valence-electron chi connectivity index (χ4n) is 2.29. The van der Waals surface area contributed by atoms with Crippen LogP contribution < -0.4 is 5.32 Å². The Morgan fingerprint density at radius 2 is 2.24 bits per heavy atom. The van der Waals surface area contributed by atoms with Gasteiger partial charge >= 0.3 is 0 Å². The first-order valence-electron chi connectivity index (χ1n) is 6.51. The quantitative estimate of drug-likeness (QED) is 0.731. The first-order valence-corrected chi connectivity index (χ1v) is 6.92. The average Bonchev–Trinajstić information content (AvgIpc) is 2.76. The summed E-state index contributed by atoms with van der Waals surface area (Å²) in [5.41, 5.74) is 3.42. The van der Waals surface area contributed by atoms with Crippen molar-refractivity contribution < 1.29 is 4.79 Å². The second-order valence-electron chi connectivity index (χ2n) is 4.78. The molecule has 0 saturated carbocycles. The van der Waals surface area contributed by atoms with Crippen LogP contribution in [0, 0.1) is 4.77 Å². The topological polar surface area (TPSA) is 62.7 Å². The number of pyridine rings is 1. The van der Waals surface area contributed by atoms with E-state index in [9.17, 15) is 4.79 Å². The summed E-state index contributed by atoms with van der Waals surface area (Å²) in [7, 11) is 1.87. The van der Waals surface area contributed by atoms with Crippen molar-refractivity contribution in [3.63, 3.8) is 0 Å². The van der Waals surface area contributed by atoms with Gasteiger partial charge in [-0.25, -0.2) is 0 Å². The van der Waals surface area contributed by atoms with E-state index in [4.69, 9.17) is 12.2 Å². The number of nitrogens with one attached hydrogen (secondary N) is 2. The van der Waals surface area contributed by atoms with Gasteiger partial charge in [0, 0.05) is 19.4 Å². The number of nitrogens with zero attached hydrogens (tertiary/aromatic N) is 2. The molecule has 2 heterocycles. The van der Waals surface area contributed by atoms with E-state index < -0.39 is 0 Å². The van der Waals surface area contributed by atoms with Crippen molar-refractivity contribution in [2.45, 2.75) is 6.42 Å². The first-order chi connectivity index (χ1) is 10.1. The molecule has 0 atom stereocenters. The Kier molecular flexibility index (Phi) is 3.53. The Morgan fingerprint density at radius 3 is 3.00 bits per heavy atom. The molecule has 0 unspecified atom stereocenters. The number of imidazole rings is 1. The number of amides is 1. The fraction of sp³-hybridized carbons (Fsp3) is 0.133. The van der Waals surface area contributed by atoms with Crippen LogP contribution >= 0.6 is 12.2 Å². The molecule has 0 aliphatic heterocycles. The van der Waals surface area contributed by atoms with Crippen LogP contribution in [-0.4, -0.2) is 20.4 Å². The number of benzene rings is 1. The van der Waals surface area contributed by atoms with Crippen LogP contribution in [-0.2, 0) is 18.3 Å². The highest BCUT2D eigenvalue weighted by Gasteiger charge is 2.10. The molecular formula is C15H14N4OS. The second kappa shape index (κ2) is 5.49. The molecule has 3 rings (SSSR count). The number of H-pyrrole nitrogens is 1. The summed E-state index contributed by atoms with van der Waals surface area (Å²) in [4.78, 5) is 19.3. The number of para-hydroxylation sites is 1. The van der Waals surface area contributed by atoms with Crippen LogP contribution in [0.1, 0.15) is 5.56 Å². The van der Waals surface area contributed by atoms with Crippen LogP contribution in [0.25, 0.3) is 11.0 Å². The van der Waals surface area contributed by atoms with Crippen LogP contribution in [0.3, 0.4) is 0 Å². The number of carbonyl (C=O) groups is 1. The van der Waals surface area contributed by atoms with E-state index in [1.165, 1.54) is 0 Å². The zero-order chi connectivity index (χ0) is 14.8. The summed E-state index contributed by atoms with van der Waals surface area (Å²) in [5, 5.41) is 2.93. The van der Waals surface area contributed by atoms with E-state index in [1.54, 1.807) is 12.4 Å². The monoisotopic (exact) mass is 298 g/mol. The molecular weight excluding hydrogens is 284 g/mol. The predicted octanol–water partition coefficient (Wildman–Crippen LogP) is 2.81. The molecule has 0 saturated heterocycles. The van der Waals surface area contributed by atoms with E-state index in [-0.39, 0.29) is 5.91 Å². The van der Waals surface area contributed by atoms with E-state index >= 15 is 0 Å².